The molecule has 0 fully saturated rings. The Bertz CT molecular complexity index is 1290. The zero-order valence-corrected chi connectivity index (χ0v) is 17.4. The summed E-state index contributed by atoms with van der Waals surface area (Å²) in [6.07, 6.45) is 0. The van der Waals surface area contributed by atoms with Crippen LogP contribution in [0.3, 0.4) is 0 Å². The molecular weight excluding hydrogens is 406 g/mol. The molecule has 0 bridgehead atoms. The van der Waals surface area contributed by atoms with Gasteiger partial charge in [-0.25, -0.2) is 4.98 Å². The van der Waals surface area contributed by atoms with Crippen molar-refractivity contribution < 1.29 is 19.1 Å². The molecule has 0 aliphatic heterocycles. The van der Waals surface area contributed by atoms with E-state index >= 15 is 0 Å². The Labute approximate surface area is 184 Å². The van der Waals surface area contributed by atoms with Gasteiger partial charge in [-0.2, -0.15) is 0 Å². The second-order valence-corrected chi connectivity index (χ2v) is 7.04. The summed E-state index contributed by atoms with van der Waals surface area (Å²) in [4.78, 5) is 28.9. The number of rotatable bonds is 7. The molecular formula is C25H21N3O4. The third-order valence-corrected chi connectivity index (χ3v) is 4.82. The van der Waals surface area contributed by atoms with Crippen molar-refractivity contribution in [1.82, 2.24) is 4.98 Å². The molecule has 4 rings (SSSR count). The molecule has 7 heteroatoms. The van der Waals surface area contributed by atoms with E-state index < -0.39 is 5.91 Å². The average molecular weight is 427 g/mol. The van der Waals surface area contributed by atoms with Crippen LogP contribution in [0.25, 0.3) is 22.2 Å². The molecule has 1 aromatic heterocycles. The van der Waals surface area contributed by atoms with Crippen molar-refractivity contribution in [1.29, 1.82) is 0 Å². The van der Waals surface area contributed by atoms with Gasteiger partial charge in [0.15, 0.2) is 6.61 Å². The van der Waals surface area contributed by atoms with Crippen LogP contribution in [0, 0.1) is 0 Å². The Kier molecular flexibility index (Phi) is 5.98. The highest BCUT2D eigenvalue weighted by molar-refractivity contribution is 6.13. The topological polar surface area (TPSA) is 104 Å². The second-order valence-electron chi connectivity index (χ2n) is 7.04. The maximum absolute atomic E-state index is 13.2. The van der Waals surface area contributed by atoms with Crippen molar-refractivity contribution in [2.45, 2.75) is 0 Å². The van der Waals surface area contributed by atoms with E-state index in [2.05, 4.69) is 5.32 Å². The molecule has 0 saturated carbocycles. The number of benzene rings is 3. The second kappa shape index (κ2) is 9.18. The van der Waals surface area contributed by atoms with Gasteiger partial charge < -0.3 is 20.5 Å². The lowest BCUT2D eigenvalue weighted by molar-refractivity contribution is -0.119. The molecule has 0 spiro atoms. The van der Waals surface area contributed by atoms with Crippen molar-refractivity contribution >= 4 is 28.4 Å². The lowest BCUT2D eigenvalue weighted by Gasteiger charge is -2.12. The number of carbonyl (C=O) groups is 2. The predicted octanol–water partition coefficient (Wildman–Crippen LogP) is 4.03. The van der Waals surface area contributed by atoms with Gasteiger partial charge in [0.05, 0.1) is 23.9 Å². The maximum Gasteiger partial charge on any atom is 0.256 e. The van der Waals surface area contributed by atoms with Crippen molar-refractivity contribution in [3.05, 3.63) is 84.4 Å². The zero-order valence-electron chi connectivity index (χ0n) is 17.4. The molecule has 3 aromatic carbocycles. The zero-order chi connectivity index (χ0) is 22.5. The summed E-state index contributed by atoms with van der Waals surface area (Å²) in [6.45, 7) is -0.238. The fourth-order valence-corrected chi connectivity index (χ4v) is 3.29. The number of hydrogen-bond acceptors (Lipinski definition) is 5. The number of anilines is 1. The summed E-state index contributed by atoms with van der Waals surface area (Å²) in [6, 6.07) is 23.5. The highest BCUT2D eigenvalue weighted by Gasteiger charge is 2.15. The molecule has 0 atom stereocenters. The van der Waals surface area contributed by atoms with E-state index in [4.69, 9.17) is 20.2 Å². The minimum atomic E-state index is -0.575. The number of methoxy groups -OCH3 is 1. The van der Waals surface area contributed by atoms with Crippen LogP contribution in [-0.2, 0) is 4.79 Å². The molecule has 160 valence electrons. The highest BCUT2D eigenvalue weighted by Crippen LogP contribution is 2.27. The number of primary amides is 1. The first kappa shape index (κ1) is 20.9. The van der Waals surface area contributed by atoms with Crippen molar-refractivity contribution in [3.63, 3.8) is 0 Å². The molecule has 4 aromatic rings. The van der Waals surface area contributed by atoms with Crippen LogP contribution in [0.1, 0.15) is 10.4 Å². The summed E-state index contributed by atoms with van der Waals surface area (Å²) >= 11 is 0. The number of nitrogens with two attached hydrogens (primary N) is 1. The van der Waals surface area contributed by atoms with Gasteiger partial charge >= 0.3 is 0 Å². The molecule has 0 unspecified atom stereocenters. The maximum atomic E-state index is 13.2. The minimum absolute atomic E-state index is 0.238. The molecule has 2 amide bonds. The van der Waals surface area contributed by atoms with Crippen LogP contribution in [0.5, 0.6) is 11.5 Å². The number of nitrogens with zero attached hydrogens (tertiary/aromatic N) is 1. The van der Waals surface area contributed by atoms with Gasteiger partial charge in [0.1, 0.15) is 11.5 Å². The number of fused-ring (bicyclic) bond motifs is 1. The normalized spacial score (nSPS) is 10.5. The smallest absolute Gasteiger partial charge is 0.256 e. The third kappa shape index (κ3) is 4.67. The van der Waals surface area contributed by atoms with Crippen LogP contribution in [-0.4, -0.2) is 30.5 Å². The summed E-state index contributed by atoms with van der Waals surface area (Å²) in [5.74, 6) is 0.310. The Morgan fingerprint density at radius 1 is 0.938 bits per heavy atom. The van der Waals surface area contributed by atoms with Gasteiger partial charge in [-0.15, -0.1) is 0 Å². The molecule has 0 saturated heterocycles. The van der Waals surface area contributed by atoms with Gasteiger partial charge in [-0.3, -0.25) is 9.59 Å². The Hall–Kier alpha value is -4.39. The number of pyridine rings is 1. The summed E-state index contributed by atoms with van der Waals surface area (Å²) in [7, 11) is 1.61. The molecule has 0 aliphatic rings. The number of aromatic nitrogens is 1. The number of hydrogen-bond donors (Lipinski definition) is 2. The first-order chi connectivity index (χ1) is 15.5. The van der Waals surface area contributed by atoms with E-state index in [0.717, 1.165) is 16.7 Å². The van der Waals surface area contributed by atoms with Gasteiger partial charge in [-0.05, 0) is 48.5 Å². The van der Waals surface area contributed by atoms with Gasteiger partial charge in [-0.1, -0.05) is 24.3 Å². The fourth-order valence-electron chi connectivity index (χ4n) is 3.29. The van der Waals surface area contributed by atoms with Crippen LogP contribution in [0.4, 0.5) is 5.69 Å². The highest BCUT2D eigenvalue weighted by atomic mass is 16.5. The third-order valence-electron chi connectivity index (χ3n) is 4.82. The standard InChI is InChI=1S/C25H21N3O4/c1-31-18-11-9-16(10-12-18)23-14-21(20-7-2-3-8-22(20)28-23)25(30)27-17-5-4-6-19(13-17)32-15-24(26)29/h2-14H,15H2,1H3,(H2,26,29)(H,27,30). The van der Waals surface area contributed by atoms with Crippen LogP contribution in [0.2, 0.25) is 0 Å². The summed E-state index contributed by atoms with van der Waals surface area (Å²) in [5.41, 5.74) is 8.40. The predicted molar refractivity (Wildman–Crippen MR) is 123 cm³/mol. The van der Waals surface area contributed by atoms with E-state index in [1.54, 1.807) is 37.4 Å². The Balaban J connectivity index is 1.67. The first-order valence-corrected chi connectivity index (χ1v) is 9.90. The van der Waals surface area contributed by atoms with Gasteiger partial charge in [0, 0.05) is 22.7 Å². The average Bonchev–Trinajstić information content (AvgIpc) is 2.82. The molecule has 7 nitrogen and oxygen atoms in total. The van der Waals surface area contributed by atoms with Crippen LogP contribution < -0.4 is 20.5 Å². The number of amides is 2. The fraction of sp³-hybridized carbons (Fsp3) is 0.0800. The van der Waals surface area contributed by atoms with Crippen LogP contribution in [0.15, 0.2) is 78.9 Å². The van der Waals surface area contributed by atoms with Crippen molar-refractivity contribution in [3.8, 4) is 22.8 Å². The lowest BCUT2D eigenvalue weighted by Crippen LogP contribution is -2.20. The number of para-hydroxylation sites is 1. The summed E-state index contributed by atoms with van der Waals surface area (Å²) in [5, 5.41) is 3.63. The van der Waals surface area contributed by atoms with Crippen LogP contribution >= 0.6 is 0 Å². The Morgan fingerprint density at radius 3 is 2.47 bits per heavy atom. The van der Waals surface area contributed by atoms with Crippen molar-refractivity contribution in [2.75, 3.05) is 19.0 Å². The quantitative estimate of drug-likeness (QED) is 0.464. The summed E-state index contributed by atoms with van der Waals surface area (Å²) < 4.78 is 10.5. The molecule has 0 aliphatic carbocycles. The van der Waals surface area contributed by atoms with Gasteiger partial charge in [0.2, 0.25) is 0 Å². The van der Waals surface area contributed by atoms with E-state index in [9.17, 15) is 9.59 Å². The lowest BCUT2D eigenvalue weighted by atomic mass is 10.0. The van der Waals surface area contributed by atoms with E-state index in [1.807, 2.05) is 48.5 Å². The van der Waals surface area contributed by atoms with Gasteiger partial charge in [0.25, 0.3) is 11.8 Å². The number of nitrogens with one attached hydrogen (secondary N) is 1. The monoisotopic (exact) mass is 427 g/mol. The largest absolute Gasteiger partial charge is 0.497 e. The molecule has 1 heterocycles. The Morgan fingerprint density at radius 2 is 1.72 bits per heavy atom. The molecule has 32 heavy (non-hydrogen) atoms. The number of ether oxygens (including phenoxy) is 2. The number of carbonyl (C=O) groups excluding carboxylic acids is 2. The van der Waals surface area contributed by atoms with E-state index in [-0.39, 0.29) is 12.5 Å². The SMILES string of the molecule is COc1ccc(-c2cc(C(=O)Nc3cccc(OCC(N)=O)c3)c3ccccc3n2)cc1. The molecule has 3 N–H and O–H groups in total. The van der Waals surface area contributed by atoms with E-state index in [1.165, 1.54) is 0 Å². The van der Waals surface area contributed by atoms with E-state index in [0.29, 0.717) is 28.2 Å². The molecule has 0 radical (unpaired) electrons. The first-order valence-electron chi connectivity index (χ1n) is 9.90. The minimum Gasteiger partial charge on any atom is -0.497 e. The van der Waals surface area contributed by atoms with Crippen molar-refractivity contribution in [2.24, 2.45) is 5.73 Å².